The van der Waals surface area contributed by atoms with Crippen LogP contribution < -0.4 is 15.4 Å². The van der Waals surface area contributed by atoms with E-state index in [1.165, 1.54) is 16.9 Å². The Hall–Kier alpha value is -3.30. The first-order chi connectivity index (χ1) is 16.9. The SMILES string of the molecule is CCCc1c(C)nc(CN(C)C)nc1N1CCOc2ccc(-c3cnc4sc(N)nc4c3)cc2C1. The van der Waals surface area contributed by atoms with E-state index in [-0.39, 0.29) is 0 Å². The highest BCUT2D eigenvalue weighted by Gasteiger charge is 2.22. The molecular formula is C26H31N7OS. The Balaban J connectivity index is 1.52. The first-order valence-corrected chi connectivity index (χ1v) is 12.8. The maximum atomic E-state index is 6.15. The predicted octanol–water partition coefficient (Wildman–Crippen LogP) is 4.45. The second kappa shape index (κ2) is 9.75. The zero-order valence-corrected chi connectivity index (χ0v) is 21.5. The molecule has 4 aromatic rings. The van der Waals surface area contributed by atoms with E-state index in [1.54, 1.807) is 0 Å². The molecule has 0 unspecified atom stereocenters. The molecule has 1 aliphatic heterocycles. The fraction of sp³-hybridized carbons (Fsp3) is 0.385. The van der Waals surface area contributed by atoms with Crippen LogP contribution in [-0.2, 0) is 19.5 Å². The van der Waals surface area contributed by atoms with Crippen molar-refractivity contribution in [1.29, 1.82) is 0 Å². The maximum absolute atomic E-state index is 6.15. The summed E-state index contributed by atoms with van der Waals surface area (Å²) in [4.78, 5) is 24.1. The number of fused-ring (bicyclic) bond motifs is 2. The van der Waals surface area contributed by atoms with Gasteiger partial charge in [0.25, 0.3) is 0 Å². The molecule has 0 atom stereocenters. The zero-order chi connectivity index (χ0) is 24.5. The van der Waals surface area contributed by atoms with Crippen LogP contribution in [0.4, 0.5) is 10.9 Å². The normalized spacial score (nSPS) is 13.7. The van der Waals surface area contributed by atoms with Crippen molar-refractivity contribution in [3.63, 3.8) is 0 Å². The van der Waals surface area contributed by atoms with E-state index < -0.39 is 0 Å². The average Bonchev–Trinajstić information content (AvgIpc) is 3.06. The number of hydrogen-bond donors (Lipinski definition) is 1. The lowest BCUT2D eigenvalue weighted by molar-refractivity contribution is 0.331. The van der Waals surface area contributed by atoms with Crippen molar-refractivity contribution in [2.75, 3.05) is 37.9 Å². The number of rotatable bonds is 6. The molecule has 9 heteroatoms. The molecule has 2 N–H and O–H groups in total. The molecule has 0 spiro atoms. The monoisotopic (exact) mass is 489 g/mol. The predicted molar refractivity (Wildman–Crippen MR) is 142 cm³/mol. The zero-order valence-electron chi connectivity index (χ0n) is 20.7. The fourth-order valence-electron chi connectivity index (χ4n) is 4.55. The van der Waals surface area contributed by atoms with Gasteiger partial charge in [-0.05, 0) is 51.2 Å². The van der Waals surface area contributed by atoms with Crippen LogP contribution in [0.5, 0.6) is 5.75 Å². The maximum Gasteiger partial charge on any atom is 0.182 e. The number of ether oxygens (including phenoxy) is 1. The topological polar surface area (TPSA) is 93.3 Å². The van der Waals surface area contributed by atoms with Gasteiger partial charge in [0.1, 0.15) is 34.3 Å². The molecule has 0 saturated carbocycles. The molecule has 0 amide bonds. The molecule has 1 aliphatic rings. The number of aryl methyl sites for hydroxylation is 1. The van der Waals surface area contributed by atoms with Crippen LogP contribution in [0.2, 0.25) is 0 Å². The molecule has 4 heterocycles. The van der Waals surface area contributed by atoms with Crippen molar-refractivity contribution in [3.05, 3.63) is 53.1 Å². The number of nitrogens with zero attached hydrogens (tertiary/aromatic N) is 6. The third kappa shape index (κ3) is 4.92. The molecule has 35 heavy (non-hydrogen) atoms. The van der Waals surface area contributed by atoms with Crippen LogP contribution in [-0.4, -0.2) is 52.1 Å². The molecule has 0 bridgehead atoms. The van der Waals surface area contributed by atoms with Gasteiger partial charge in [0, 0.05) is 35.1 Å². The highest BCUT2D eigenvalue weighted by molar-refractivity contribution is 7.21. The van der Waals surface area contributed by atoms with Crippen molar-refractivity contribution in [3.8, 4) is 16.9 Å². The molecule has 0 fully saturated rings. The summed E-state index contributed by atoms with van der Waals surface area (Å²) >= 11 is 1.40. The van der Waals surface area contributed by atoms with E-state index in [1.807, 2.05) is 26.4 Å². The van der Waals surface area contributed by atoms with Gasteiger partial charge in [0.15, 0.2) is 5.13 Å². The lowest BCUT2D eigenvalue weighted by atomic mass is 10.0. The number of aromatic nitrogens is 4. The number of nitrogens with two attached hydrogens (primary N) is 1. The van der Waals surface area contributed by atoms with Crippen LogP contribution in [0.1, 0.15) is 36.0 Å². The van der Waals surface area contributed by atoms with Crippen LogP contribution in [0.15, 0.2) is 30.5 Å². The largest absolute Gasteiger partial charge is 0.491 e. The Labute approximate surface area is 209 Å². The summed E-state index contributed by atoms with van der Waals surface area (Å²) in [5.41, 5.74) is 12.2. The Bertz CT molecular complexity index is 1370. The number of nitrogen functional groups attached to an aromatic ring is 1. The van der Waals surface area contributed by atoms with Crippen LogP contribution in [0.25, 0.3) is 21.5 Å². The van der Waals surface area contributed by atoms with Gasteiger partial charge in [0.2, 0.25) is 0 Å². The Morgan fingerprint density at radius 2 is 2.00 bits per heavy atom. The highest BCUT2D eigenvalue weighted by atomic mass is 32.1. The Morgan fingerprint density at radius 1 is 1.14 bits per heavy atom. The summed E-state index contributed by atoms with van der Waals surface area (Å²) in [6.07, 6.45) is 3.89. The minimum Gasteiger partial charge on any atom is -0.491 e. The molecule has 0 aliphatic carbocycles. The van der Waals surface area contributed by atoms with Crippen molar-refractivity contribution in [2.45, 2.75) is 39.8 Å². The smallest absolute Gasteiger partial charge is 0.182 e. The first kappa shape index (κ1) is 23.4. The highest BCUT2D eigenvalue weighted by Crippen LogP contribution is 2.33. The van der Waals surface area contributed by atoms with E-state index in [0.29, 0.717) is 18.3 Å². The molecule has 3 aromatic heterocycles. The first-order valence-electron chi connectivity index (χ1n) is 12.0. The third-order valence-electron chi connectivity index (χ3n) is 6.13. The molecule has 5 rings (SSSR count). The Kier molecular flexibility index (Phi) is 6.53. The van der Waals surface area contributed by atoms with Gasteiger partial charge in [-0.1, -0.05) is 30.7 Å². The third-order valence-corrected chi connectivity index (χ3v) is 6.94. The average molecular weight is 490 g/mol. The summed E-state index contributed by atoms with van der Waals surface area (Å²) in [6, 6.07) is 8.39. The van der Waals surface area contributed by atoms with E-state index in [4.69, 9.17) is 20.4 Å². The van der Waals surface area contributed by atoms with Gasteiger partial charge in [0.05, 0.1) is 13.1 Å². The minimum atomic E-state index is 0.535. The second-order valence-corrected chi connectivity index (χ2v) is 10.2. The molecule has 0 radical (unpaired) electrons. The molecular weight excluding hydrogens is 458 g/mol. The van der Waals surface area contributed by atoms with Gasteiger partial charge < -0.3 is 20.3 Å². The molecule has 0 saturated heterocycles. The summed E-state index contributed by atoms with van der Waals surface area (Å²) in [5, 5.41) is 0.535. The number of pyridine rings is 1. The van der Waals surface area contributed by atoms with E-state index >= 15 is 0 Å². The number of thiazole rings is 1. The summed E-state index contributed by atoms with van der Waals surface area (Å²) in [7, 11) is 4.09. The van der Waals surface area contributed by atoms with Crippen molar-refractivity contribution in [1.82, 2.24) is 24.8 Å². The van der Waals surface area contributed by atoms with Crippen molar-refractivity contribution < 1.29 is 4.74 Å². The van der Waals surface area contributed by atoms with Crippen LogP contribution in [0.3, 0.4) is 0 Å². The van der Waals surface area contributed by atoms with E-state index in [2.05, 4.69) is 51.8 Å². The number of hydrogen-bond acceptors (Lipinski definition) is 9. The van der Waals surface area contributed by atoms with Gasteiger partial charge in [-0.15, -0.1) is 0 Å². The van der Waals surface area contributed by atoms with Crippen molar-refractivity contribution >= 4 is 32.6 Å². The van der Waals surface area contributed by atoms with E-state index in [9.17, 15) is 0 Å². The van der Waals surface area contributed by atoms with Crippen molar-refractivity contribution in [2.24, 2.45) is 0 Å². The Morgan fingerprint density at radius 3 is 2.80 bits per heavy atom. The lowest BCUT2D eigenvalue weighted by Gasteiger charge is -2.25. The summed E-state index contributed by atoms with van der Waals surface area (Å²) in [5.74, 6) is 2.79. The van der Waals surface area contributed by atoms with Gasteiger partial charge in [-0.25, -0.2) is 19.9 Å². The number of anilines is 2. The summed E-state index contributed by atoms with van der Waals surface area (Å²) < 4.78 is 6.15. The molecule has 1 aromatic carbocycles. The fourth-order valence-corrected chi connectivity index (χ4v) is 5.20. The van der Waals surface area contributed by atoms with Gasteiger partial charge in [-0.2, -0.15) is 0 Å². The molecule has 182 valence electrons. The minimum absolute atomic E-state index is 0.535. The standard InChI is InChI=1S/C26H31N7OS/c1-5-6-20-16(2)29-23(15-32(3)4)31-24(20)33-9-10-34-22-8-7-17(11-19(22)14-33)18-12-21-25(28-13-18)35-26(27)30-21/h7-8,11-13H,5-6,9-10,14-15H2,1-4H3,(H2,27,30). The van der Waals surface area contributed by atoms with E-state index in [0.717, 1.165) is 76.1 Å². The van der Waals surface area contributed by atoms with Gasteiger partial charge >= 0.3 is 0 Å². The van der Waals surface area contributed by atoms with Crippen LogP contribution in [0, 0.1) is 6.92 Å². The van der Waals surface area contributed by atoms with Gasteiger partial charge in [-0.3, -0.25) is 0 Å². The number of benzene rings is 1. The molecule has 8 nitrogen and oxygen atoms in total. The van der Waals surface area contributed by atoms with Crippen LogP contribution >= 0.6 is 11.3 Å². The summed E-state index contributed by atoms with van der Waals surface area (Å²) in [6.45, 7) is 7.10. The second-order valence-electron chi connectivity index (χ2n) is 9.21. The quantitative estimate of drug-likeness (QED) is 0.425. The lowest BCUT2D eigenvalue weighted by Crippen LogP contribution is -2.29.